The van der Waals surface area contributed by atoms with Gasteiger partial charge in [-0.25, -0.2) is 9.67 Å². The van der Waals surface area contributed by atoms with Crippen LogP contribution < -0.4 is 16.4 Å². The first-order valence-electron chi connectivity index (χ1n) is 10.4. The van der Waals surface area contributed by atoms with Crippen LogP contribution in [0, 0.1) is 0 Å². The van der Waals surface area contributed by atoms with Gasteiger partial charge in [0.2, 0.25) is 5.95 Å². The van der Waals surface area contributed by atoms with E-state index in [4.69, 9.17) is 4.42 Å². The van der Waals surface area contributed by atoms with Crippen molar-refractivity contribution in [3.8, 4) is 17.1 Å². The fourth-order valence-electron chi connectivity index (χ4n) is 3.59. The van der Waals surface area contributed by atoms with Crippen LogP contribution in [0.2, 0.25) is 0 Å². The van der Waals surface area contributed by atoms with Gasteiger partial charge in [0.25, 0.3) is 11.5 Å². The predicted octanol–water partition coefficient (Wildman–Crippen LogP) is 3.62. The van der Waals surface area contributed by atoms with Gasteiger partial charge < -0.3 is 4.42 Å². The van der Waals surface area contributed by atoms with E-state index >= 15 is 0 Å². The van der Waals surface area contributed by atoms with Crippen LogP contribution in [0.15, 0.2) is 88.3 Å². The Morgan fingerprint density at radius 2 is 1.82 bits per heavy atom. The normalized spacial score (nSPS) is 10.9. The van der Waals surface area contributed by atoms with Crippen molar-refractivity contribution in [2.24, 2.45) is 0 Å². The van der Waals surface area contributed by atoms with Gasteiger partial charge in [-0.2, -0.15) is 5.10 Å². The highest BCUT2D eigenvalue weighted by Crippen LogP contribution is 2.22. The summed E-state index contributed by atoms with van der Waals surface area (Å²) in [4.78, 5) is 30.5. The van der Waals surface area contributed by atoms with E-state index in [-0.39, 0.29) is 17.2 Å². The zero-order chi connectivity index (χ0) is 22.8. The molecule has 3 aromatic heterocycles. The maximum atomic E-state index is 13.2. The Kier molecular flexibility index (Phi) is 5.19. The van der Waals surface area contributed by atoms with E-state index in [1.807, 2.05) is 43.3 Å². The lowest BCUT2D eigenvalue weighted by atomic mass is 10.2. The van der Waals surface area contributed by atoms with Gasteiger partial charge in [-0.3, -0.25) is 25.0 Å². The van der Waals surface area contributed by atoms with E-state index in [1.165, 1.54) is 9.25 Å². The zero-order valence-corrected chi connectivity index (χ0v) is 17.7. The molecule has 0 saturated carbocycles. The fourth-order valence-corrected chi connectivity index (χ4v) is 3.59. The maximum Gasteiger partial charge on any atom is 0.288 e. The summed E-state index contributed by atoms with van der Waals surface area (Å²) in [6.07, 6.45) is 1.55. The number of para-hydroxylation sites is 2. The maximum absolute atomic E-state index is 13.2. The van der Waals surface area contributed by atoms with Crippen molar-refractivity contribution in [3.63, 3.8) is 0 Å². The monoisotopic (exact) mass is 440 g/mol. The number of aromatic nitrogens is 4. The number of anilines is 1. The highest BCUT2D eigenvalue weighted by atomic mass is 16.3. The third kappa shape index (κ3) is 3.76. The average Bonchev–Trinajstić information content (AvgIpc) is 3.53. The lowest BCUT2D eigenvalue weighted by Gasteiger charge is -2.14. The average molecular weight is 440 g/mol. The summed E-state index contributed by atoms with van der Waals surface area (Å²) < 4.78 is 8.45. The van der Waals surface area contributed by atoms with Crippen molar-refractivity contribution in [2.75, 3.05) is 5.43 Å². The molecule has 0 unspecified atom stereocenters. The molecule has 0 fully saturated rings. The van der Waals surface area contributed by atoms with Gasteiger partial charge >= 0.3 is 0 Å². The molecule has 164 valence electrons. The number of nitrogens with one attached hydrogen (secondary N) is 2. The standard InChI is InChI=1S/C24H20N6O3/c1-2-29-23(32)17-11-6-7-12-18(17)25-24(29)27-26-22(31)20-15-19(21-13-8-14-33-21)28-30(20)16-9-4-3-5-10-16/h3-15H,2H2,1H3,(H,25,27)(H,26,31). The number of rotatable bonds is 6. The summed E-state index contributed by atoms with van der Waals surface area (Å²) in [5, 5.41) is 5.07. The lowest BCUT2D eigenvalue weighted by molar-refractivity contribution is 0.0954. The molecule has 0 saturated heterocycles. The predicted molar refractivity (Wildman–Crippen MR) is 124 cm³/mol. The zero-order valence-electron chi connectivity index (χ0n) is 17.7. The van der Waals surface area contributed by atoms with Gasteiger partial charge in [0.1, 0.15) is 11.4 Å². The van der Waals surface area contributed by atoms with Crippen LogP contribution in [0.5, 0.6) is 0 Å². The molecular formula is C24H20N6O3. The van der Waals surface area contributed by atoms with E-state index in [1.54, 1.807) is 42.7 Å². The Hall–Kier alpha value is -4.66. The number of fused-ring (bicyclic) bond motifs is 1. The summed E-state index contributed by atoms with van der Waals surface area (Å²) >= 11 is 0. The highest BCUT2D eigenvalue weighted by molar-refractivity contribution is 5.94. The number of hydrogen-bond donors (Lipinski definition) is 2. The molecule has 9 nitrogen and oxygen atoms in total. The second kappa shape index (κ2) is 8.46. The summed E-state index contributed by atoms with van der Waals surface area (Å²) in [7, 11) is 0. The van der Waals surface area contributed by atoms with Crippen LogP contribution in [-0.4, -0.2) is 25.2 Å². The lowest BCUT2D eigenvalue weighted by Crippen LogP contribution is -2.35. The Morgan fingerprint density at radius 3 is 2.58 bits per heavy atom. The van der Waals surface area contributed by atoms with Crippen LogP contribution in [0.4, 0.5) is 5.95 Å². The van der Waals surface area contributed by atoms with Crippen LogP contribution in [0.3, 0.4) is 0 Å². The molecule has 0 spiro atoms. The minimum absolute atomic E-state index is 0.186. The van der Waals surface area contributed by atoms with E-state index < -0.39 is 5.91 Å². The number of hydrazine groups is 1. The molecule has 0 aliphatic heterocycles. The van der Waals surface area contributed by atoms with Gasteiger partial charge in [0.05, 0.1) is 22.9 Å². The molecule has 0 aliphatic carbocycles. The SMILES string of the molecule is CCn1c(NNC(=O)c2cc(-c3ccco3)nn2-c2ccccc2)nc2ccccc2c1=O. The molecule has 2 aromatic carbocycles. The van der Waals surface area contributed by atoms with Crippen molar-refractivity contribution in [1.29, 1.82) is 0 Å². The van der Waals surface area contributed by atoms with Gasteiger partial charge in [0, 0.05) is 12.6 Å². The molecule has 5 rings (SSSR count). The molecule has 33 heavy (non-hydrogen) atoms. The second-order valence-electron chi connectivity index (χ2n) is 7.22. The topological polar surface area (TPSA) is 107 Å². The Balaban J connectivity index is 1.49. The summed E-state index contributed by atoms with van der Waals surface area (Å²) in [6, 6.07) is 21.6. The number of benzene rings is 2. The Bertz CT molecular complexity index is 1490. The van der Waals surface area contributed by atoms with E-state index in [0.717, 1.165) is 5.69 Å². The summed E-state index contributed by atoms with van der Waals surface area (Å²) in [5.74, 6) is 0.337. The first-order valence-corrected chi connectivity index (χ1v) is 10.4. The molecule has 1 amide bonds. The van der Waals surface area contributed by atoms with Crippen LogP contribution >= 0.6 is 0 Å². The summed E-state index contributed by atoms with van der Waals surface area (Å²) in [5.41, 5.74) is 7.33. The fraction of sp³-hybridized carbons (Fsp3) is 0.0833. The minimum Gasteiger partial charge on any atom is -0.463 e. The van der Waals surface area contributed by atoms with Crippen molar-refractivity contribution < 1.29 is 9.21 Å². The quantitative estimate of drug-likeness (QED) is 0.391. The van der Waals surface area contributed by atoms with Crippen molar-refractivity contribution in [1.82, 2.24) is 24.8 Å². The Morgan fingerprint density at radius 1 is 1.03 bits per heavy atom. The number of carbonyl (C=O) groups excluding carboxylic acids is 1. The first kappa shape index (κ1) is 20.3. The number of hydrogen-bond acceptors (Lipinski definition) is 6. The molecule has 5 aromatic rings. The number of furan rings is 1. The van der Waals surface area contributed by atoms with E-state index in [0.29, 0.717) is 28.9 Å². The molecule has 2 N–H and O–H groups in total. The second-order valence-corrected chi connectivity index (χ2v) is 7.22. The van der Waals surface area contributed by atoms with E-state index in [2.05, 4.69) is 20.9 Å². The molecule has 9 heteroatoms. The van der Waals surface area contributed by atoms with Crippen LogP contribution in [0.1, 0.15) is 17.4 Å². The smallest absolute Gasteiger partial charge is 0.288 e. The molecule has 0 radical (unpaired) electrons. The van der Waals surface area contributed by atoms with Crippen molar-refractivity contribution in [2.45, 2.75) is 13.5 Å². The van der Waals surface area contributed by atoms with E-state index in [9.17, 15) is 9.59 Å². The molecular weight excluding hydrogens is 420 g/mol. The van der Waals surface area contributed by atoms with Crippen LogP contribution in [0.25, 0.3) is 28.0 Å². The molecule has 0 aliphatic rings. The highest BCUT2D eigenvalue weighted by Gasteiger charge is 2.19. The number of carbonyl (C=O) groups is 1. The Labute approximate surface area is 188 Å². The first-order chi connectivity index (χ1) is 16.2. The van der Waals surface area contributed by atoms with Gasteiger partial charge in [-0.05, 0) is 43.3 Å². The van der Waals surface area contributed by atoms with Gasteiger partial charge in [-0.1, -0.05) is 30.3 Å². The summed E-state index contributed by atoms with van der Waals surface area (Å²) in [6.45, 7) is 2.23. The third-order valence-electron chi connectivity index (χ3n) is 5.18. The molecule has 0 atom stereocenters. The minimum atomic E-state index is -0.450. The largest absolute Gasteiger partial charge is 0.463 e. The molecule has 0 bridgehead atoms. The van der Waals surface area contributed by atoms with Gasteiger partial charge in [0.15, 0.2) is 5.76 Å². The van der Waals surface area contributed by atoms with Gasteiger partial charge in [-0.15, -0.1) is 0 Å². The van der Waals surface area contributed by atoms with Crippen LogP contribution in [-0.2, 0) is 6.54 Å². The molecule has 3 heterocycles. The number of nitrogens with zero attached hydrogens (tertiary/aromatic N) is 4. The third-order valence-corrected chi connectivity index (χ3v) is 5.18. The van der Waals surface area contributed by atoms with Crippen molar-refractivity contribution in [3.05, 3.63) is 95.1 Å². The van der Waals surface area contributed by atoms with Crippen molar-refractivity contribution >= 4 is 22.8 Å². The number of amides is 1.